The molecule has 1 atom stereocenters. The second-order valence-electron chi connectivity index (χ2n) is 8.61. The van der Waals surface area contributed by atoms with Gasteiger partial charge in [0, 0.05) is 38.7 Å². The highest BCUT2D eigenvalue weighted by Crippen LogP contribution is 2.38. The number of amides is 3. The van der Waals surface area contributed by atoms with Gasteiger partial charge in [-0.1, -0.05) is 0 Å². The topological polar surface area (TPSA) is 105 Å². The molecule has 182 valence electrons. The van der Waals surface area contributed by atoms with Crippen LogP contribution in [0.5, 0.6) is 0 Å². The normalized spacial score (nSPS) is 18.1. The Labute approximate surface area is 205 Å². The Kier molecular flexibility index (Phi) is 5.83. The smallest absolute Gasteiger partial charge is 0.254 e. The average Bonchev–Trinajstić information content (AvgIpc) is 3.43. The molecule has 35 heavy (non-hydrogen) atoms. The standard InChI is InChI=1S/C23H24FN7O3S/c1-13-19-20(30-9-8-28(15(3)32)12-18(30)33)26-21(22-25-14(2)27-35-22)31(19)11-10-29(13)23(34)16-4-6-17(24)7-5-16/h4-7,13H,8-12H2,1-3H3/t13-/m1/s1. The number of carbonyl (C=O) groups is 3. The second-order valence-corrected chi connectivity index (χ2v) is 9.36. The van der Waals surface area contributed by atoms with Gasteiger partial charge in [0.25, 0.3) is 5.91 Å². The first-order chi connectivity index (χ1) is 16.7. The van der Waals surface area contributed by atoms with Crippen LogP contribution in [0.2, 0.25) is 0 Å². The summed E-state index contributed by atoms with van der Waals surface area (Å²) in [5.74, 6) is 0.673. The summed E-state index contributed by atoms with van der Waals surface area (Å²) in [4.78, 5) is 52.3. The number of nitrogens with zero attached hydrogens (tertiary/aromatic N) is 7. The minimum atomic E-state index is -0.412. The quantitative estimate of drug-likeness (QED) is 0.550. The van der Waals surface area contributed by atoms with E-state index in [1.54, 1.807) is 16.7 Å². The molecular weight excluding hydrogens is 473 g/mol. The highest BCUT2D eigenvalue weighted by Gasteiger charge is 2.38. The van der Waals surface area contributed by atoms with Crippen molar-refractivity contribution in [3.63, 3.8) is 0 Å². The number of halogens is 1. The molecule has 1 fully saturated rings. The fraction of sp³-hybridized carbons (Fsp3) is 0.391. The molecule has 1 saturated heterocycles. The predicted molar refractivity (Wildman–Crippen MR) is 126 cm³/mol. The van der Waals surface area contributed by atoms with Gasteiger partial charge in [0.15, 0.2) is 16.6 Å². The maximum Gasteiger partial charge on any atom is 0.254 e. The summed E-state index contributed by atoms with van der Waals surface area (Å²) in [5.41, 5.74) is 1.11. The van der Waals surface area contributed by atoms with Gasteiger partial charge in [-0.15, -0.1) is 0 Å². The summed E-state index contributed by atoms with van der Waals surface area (Å²) in [6.07, 6.45) is 0. The number of piperazine rings is 1. The zero-order valence-electron chi connectivity index (χ0n) is 19.6. The Morgan fingerprint density at radius 1 is 1.09 bits per heavy atom. The highest BCUT2D eigenvalue weighted by atomic mass is 32.1. The van der Waals surface area contributed by atoms with Crippen LogP contribution in [0, 0.1) is 12.7 Å². The third-order valence-electron chi connectivity index (χ3n) is 6.41. The van der Waals surface area contributed by atoms with Crippen LogP contribution in [0.25, 0.3) is 10.8 Å². The lowest BCUT2D eigenvalue weighted by Crippen LogP contribution is -2.52. The Morgan fingerprint density at radius 2 is 1.83 bits per heavy atom. The van der Waals surface area contributed by atoms with Crippen LogP contribution in [0.3, 0.4) is 0 Å². The van der Waals surface area contributed by atoms with Gasteiger partial charge in [-0.2, -0.15) is 4.37 Å². The lowest BCUT2D eigenvalue weighted by molar-refractivity contribution is -0.135. The molecule has 3 aromatic rings. The number of anilines is 1. The first kappa shape index (κ1) is 23.1. The zero-order valence-corrected chi connectivity index (χ0v) is 20.4. The Morgan fingerprint density at radius 3 is 2.46 bits per heavy atom. The van der Waals surface area contributed by atoms with E-state index < -0.39 is 11.9 Å². The molecule has 4 heterocycles. The van der Waals surface area contributed by atoms with E-state index in [9.17, 15) is 18.8 Å². The summed E-state index contributed by atoms with van der Waals surface area (Å²) < 4.78 is 19.7. The van der Waals surface area contributed by atoms with Crippen LogP contribution in [0.1, 0.15) is 41.8 Å². The van der Waals surface area contributed by atoms with Crippen molar-refractivity contribution in [1.82, 2.24) is 28.7 Å². The van der Waals surface area contributed by atoms with Gasteiger partial charge in [-0.05, 0) is 49.6 Å². The van der Waals surface area contributed by atoms with Crippen LogP contribution in [0.15, 0.2) is 24.3 Å². The van der Waals surface area contributed by atoms with E-state index in [-0.39, 0.29) is 24.3 Å². The van der Waals surface area contributed by atoms with E-state index in [1.165, 1.54) is 47.6 Å². The molecular formula is C23H24FN7O3S. The molecule has 10 nitrogen and oxygen atoms in total. The first-order valence-electron chi connectivity index (χ1n) is 11.3. The Bertz CT molecular complexity index is 1320. The van der Waals surface area contributed by atoms with Crippen LogP contribution >= 0.6 is 11.5 Å². The fourth-order valence-corrected chi connectivity index (χ4v) is 5.26. The SMILES string of the molecule is CC(=O)N1CCN(c2nc(-c3nc(C)ns3)n3c2[C@@H](C)N(C(=O)c2ccc(F)cc2)CC3)C(=O)C1. The molecule has 0 aliphatic carbocycles. The predicted octanol–water partition coefficient (Wildman–Crippen LogP) is 2.26. The highest BCUT2D eigenvalue weighted by molar-refractivity contribution is 7.09. The molecule has 0 spiro atoms. The molecule has 2 aliphatic rings. The molecule has 1 aromatic carbocycles. The molecule has 12 heteroatoms. The summed E-state index contributed by atoms with van der Waals surface area (Å²) >= 11 is 1.23. The van der Waals surface area contributed by atoms with Crippen molar-refractivity contribution >= 4 is 35.1 Å². The summed E-state index contributed by atoms with van der Waals surface area (Å²) in [6.45, 7) is 6.68. The second kappa shape index (κ2) is 8.84. The molecule has 2 aromatic heterocycles. The fourth-order valence-electron chi connectivity index (χ4n) is 4.59. The monoisotopic (exact) mass is 497 g/mol. The summed E-state index contributed by atoms with van der Waals surface area (Å²) in [6, 6.07) is 5.06. The number of fused-ring (bicyclic) bond motifs is 1. The number of hydrogen-bond donors (Lipinski definition) is 0. The van der Waals surface area contributed by atoms with Crippen molar-refractivity contribution in [3.05, 3.63) is 47.2 Å². The number of carbonyl (C=O) groups excluding carboxylic acids is 3. The maximum absolute atomic E-state index is 13.4. The molecule has 0 radical (unpaired) electrons. The number of hydrogen-bond acceptors (Lipinski definition) is 7. The first-order valence-corrected chi connectivity index (χ1v) is 12.1. The summed E-state index contributed by atoms with van der Waals surface area (Å²) in [7, 11) is 0. The average molecular weight is 498 g/mol. The molecule has 0 saturated carbocycles. The van der Waals surface area contributed by atoms with Crippen molar-refractivity contribution in [2.75, 3.05) is 31.1 Å². The molecule has 0 bridgehead atoms. The van der Waals surface area contributed by atoms with Crippen LogP contribution in [-0.4, -0.2) is 72.6 Å². The number of rotatable bonds is 3. The Balaban J connectivity index is 1.55. The maximum atomic E-state index is 13.4. The van der Waals surface area contributed by atoms with Crippen LogP contribution in [0.4, 0.5) is 10.2 Å². The molecule has 0 N–H and O–H groups in total. The van der Waals surface area contributed by atoms with Gasteiger partial charge in [0.05, 0.1) is 11.7 Å². The van der Waals surface area contributed by atoms with E-state index in [0.717, 1.165) is 5.69 Å². The third kappa shape index (κ3) is 4.07. The van der Waals surface area contributed by atoms with Crippen LogP contribution in [-0.2, 0) is 16.1 Å². The lowest BCUT2D eigenvalue weighted by Gasteiger charge is -2.38. The van der Waals surface area contributed by atoms with Gasteiger partial charge < -0.3 is 14.4 Å². The van der Waals surface area contributed by atoms with Crippen molar-refractivity contribution in [2.45, 2.75) is 33.4 Å². The zero-order chi connectivity index (χ0) is 24.9. The van der Waals surface area contributed by atoms with Gasteiger partial charge in [-0.3, -0.25) is 19.3 Å². The van der Waals surface area contributed by atoms with Crippen molar-refractivity contribution in [1.29, 1.82) is 0 Å². The van der Waals surface area contributed by atoms with Gasteiger partial charge in [0.2, 0.25) is 11.8 Å². The van der Waals surface area contributed by atoms with E-state index in [4.69, 9.17) is 4.98 Å². The molecule has 3 amide bonds. The van der Waals surface area contributed by atoms with Gasteiger partial charge in [0.1, 0.15) is 18.2 Å². The minimum absolute atomic E-state index is 0.0263. The van der Waals surface area contributed by atoms with Crippen LogP contribution < -0.4 is 4.90 Å². The Hall–Kier alpha value is -3.67. The van der Waals surface area contributed by atoms with Gasteiger partial charge >= 0.3 is 0 Å². The van der Waals surface area contributed by atoms with Gasteiger partial charge in [-0.25, -0.2) is 14.4 Å². The molecule has 0 unspecified atom stereocenters. The molecule has 2 aliphatic heterocycles. The largest absolute Gasteiger partial charge is 0.332 e. The van der Waals surface area contributed by atoms with Crippen molar-refractivity contribution in [3.8, 4) is 10.8 Å². The van der Waals surface area contributed by atoms with Crippen molar-refractivity contribution < 1.29 is 18.8 Å². The number of aryl methyl sites for hydroxylation is 1. The number of benzene rings is 1. The minimum Gasteiger partial charge on any atom is -0.332 e. The van der Waals surface area contributed by atoms with E-state index in [2.05, 4.69) is 9.36 Å². The van der Waals surface area contributed by atoms with Crippen molar-refractivity contribution in [2.24, 2.45) is 0 Å². The van der Waals surface area contributed by atoms with E-state index >= 15 is 0 Å². The summed E-state index contributed by atoms with van der Waals surface area (Å²) in [5, 5.41) is 0.635. The number of aromatic nitrogens is 4. The molecule has 5 rings (SSSR count). The number of imidazole rings is 1. The van der Waals surface area contributed by atoms with E-state index in [0.29, 0.717) is 54.2 Å². The van der Waals surface area contributed by atoms with E-state index in [1.807, 2.05) is 11.5 Å². The lowest BCUT2D eigenvalue weighted by atomic mass is 10.1. The third-order valence-corrected chi connectivity index (χ3v) is 7.21.